The van der Waals surface area contributed by atoms with Crippen LogP contribution in [0.3, 0.4) is 0 Å². The molecule has 1 saturated heterocycles. The van der Waals surface area contributed by atoms with Crippen LogP contribution >= 0.6 is 0 Å². The van der Waals surface area contributed by atoms with Crippen LogP contribution in [-0.4, -0.2) is 26.6 Å². The summed E-state index contributed by atoms with van der Waals surface area (Å²) in [6, 6.07) is 0. The van der Waals surface area contributed by atoms with E-state index in [2.05, 4.69) is 59.7 Å². The summed E-state index contributed by atoms with van der Waals surface area (Å²) < 4.78 is 12.3. The van der Waals surface area contributed by atoms with Gasteiger partial charge < -0.3 is 9.16 Å². The molecule has 2 nitrogen and oxygen atoms in total. The smallest absolute Gasteiger partial charge is 0.192 e. The molecule has 23 heavy (non-hydrogen) atoms. The SMILES string of the molecule is C#CCCC/C=C(\C)CC[C@@H]1O[C@@]1(C)CO[Si](C)(C)C(C)(C)C. The molecule has 0 radical (unpaired) electrons. The fourth-order valence-electron chi connectivity index (χ4n) is 2.34. The van der Waals surface area contributed by atoms with E-state index in [1.807, 2.05) is 0 Å². The molecular weight excluding hydrogens is 300 g/mol. The summed E-state index contributed by atoms with van der Waals surface area (Å²) in [5, 5.41) is 0.255. The number of terminal acetylenes is 1. The fourth-order valence-corrected chi connectivity index (χ4v) is 3.42. The summed E-state index contributed by atoms with van der Waals surface area (Å²) in [5.74, 6) is 2.69. The molecule has 0 aromatic rings. The monoisotopic (exact) mass is 336 g/mol. The van der Waals surface area contributed by atoms with Crippen LogP contribution in [0.4, 0.5) is 0 Å². The zero-order chi connectivity index (χ0) is 17.7. The number of epoxide rings is 1. The first-order valence-corrected chi connectivity index (χ1v) is 11.8. The first-order chi connectivity index (χ1) is 10.5. The minimum absolute atomic E-state index is 0.0702. The van der Waals surface area contributed by atoms with E-state index < -0.39 is 8.32 Å². The summed E-state index contributed by atoms with van der Waals surface area (Å²) in [7, 11) is -1.68. The first-order valence-electron chi connectivity index (χ1n) is 8.93. The zero-order valence-corrected chi connectivity index (χ0v) is 17.3. The van der Waals surface area contributed by atoms with Gasteiger partial charge in [0.05, 0.1) is 12.7 Å². The van der Waals surface area contributed by atoms with Crippen molar-refractivity contribution in [1.82, 2.24) is 0 Å². The van der Waals surface area contributed by atoms with Crippen LogP contribution in [-0.2, 0) is 9.16 Å². The molecule has 1 aliphatic heterocycles. The van der Waals surface area contributed by atoms with Gasteiger partial charge in [0.2, 0.25) is 0 Å². The molecule has 132 valence electrons. The minimum atomic E-state index is -1.68. The molecule has 0 aliphatic carbocycles. The maximum absolute atomic E-state index is 6.33. The second-order valence-corrected chi connectivity index (χ2v) is 13.5. The normalized spacial score (nSPS) is 25.3. The van der Waals surface area contributed by atoms with E-state index >= 15 is 0 Å². The maximum Gasteiger partial charge on any atom is 0.192 e. The third kappa shape index (κ3) is 6.45. The van der Waals surface area contributed by atoms with Gasteiger partial charge in [0.15, 0.2) is 8.32 Å². The molecule has 0 amide bonds. The Morgan fingerprint density at radius 2 is 2.04 bits per heavy atom. The topological polar surface area (TPSA) is 21.8 Å². The van der Waals surface area contributed by atoms with E-state index in [9.17, 15) is 0 Å². The molecule has 0 spiro atoms. The second-order valence-electron chi connectivity index (χ2n) is 8.65. The van der Waals surface area contributed by atoms with Crippen LogP contribution in [0.25, 0.3) is 0 Å². The van der Waals surface area contributed by atoms with Crippen molar-refractivity contribution in [1.29, 1.82) is 0 Å². The quantitative estimate of drug-likeness (QED) is 0.177. The molecule has 1 aliphatic rings. The van der Waals surface area contributed by atoms with Crippen molar-refractivity contribution >= 4 is 8.32 Å². The van der Waals surface area contributed by atoms with E-state index in [-0.39, 0.29) is 10.6 Å². The number of unbranched alkanes of at least 4 members (excludes halogenated alkanes) is 2. The van der Waals surface area contributed by atoms with Crippen molar-refractivity contribution in [2.45, 2.75) is 96.6 Å². The van der Waals surface area contributed by atoms with Crippen LogP contribution in [0.15, 0.2) is 11.6 Å². The van der Waals surface area contributed by atoms with Gasteiger partial charge in [0.1, 0.15) is 5.60 Å². The summed E-state index contributed by atoms with van der Waals surface area (Å²) in [6.07, 6.45) is 13.2. The summed E-state index contributed by atoms with van der Waals surface area (Å²) >= 11 is 0. The molecule has 1 heterocycles. The second kappa shape index (κ2) is 8.01. The Morgan fingerprint density at radius 1 is 1.39 bits per heavy atom. The lowest BCUT2D eigenvalue weighted by Gasteiger charge is -2.36. The van der Waals surface area contributed by atoms with Gasteiger partial charge in [0.25, 0.3) is 0 Å². The summed E-state index contributed by atoms with van der Waals surface area (Å²) in [6.45, 7) is 16.6. The number of allylic oxidation sites excluding steroid dienone is 2. The summed E-state index contributed by atoms with van der Waals surface area (Å²) in [5.41, 5.74) is 1.38. The highest BCUT2D eigenvalue weighted by molar-refractivity contribution is 6.74. The standard InChI is InChI=1S/C20H36O2Si/c1-9-10-11-12-13-17(2)14-15-18-20(6,22-18)16-21-23(7,8)19(3,4)5/h1,13,18H,10-12,14-16H2,2-8H3/b17-13+/t18-,20-/m0/s1. The van der Waals surface area contributed by atoms with E-state index in [0.29, 0.717) is 6.10 Å². The van der Waals surface area contributed by atoms with Gasteiger partial charge in [-0.25, -0.2) is 0 Å². The van der Waals surface area contributed by atoms with Crippen LogP contribution in [0, 0.1) is 12.3 Å². The fraction of sp³-hybridized carbons (Fsp3) is 0.800. The Bertz CT molecular complexity index is 453. The predicted molar refractivity (Wildman–Crippen MR) is 102 cm³/mol. The van der Waals surface area contributed by atoms with Crippen LogP contribution in [0.1, 0.15) is 66.7 Å². The van der Waals surface area contributed by atoms with Gasteiger partial charge in [-0.3, -0.25) is 0 Å². The molecular formula is C20H36O2Si. The van der Waals surface area contributed by atoms with Crippen molar-refractivity contribution in [3.05, 3.63) is 11.6 Å². The molecule has 1 fully saturated rings. The van der Waals surface area contributed by atoms with Crippen LogP contribution in [0.2, 0.25) is 18.1 Å². The van der Waals surface area contributed by atoms with E-state index in [1.54, 1.807) is 0 Å². The van der Waals surface area contributed by atoms with Gasteiger partial charge in [-0.15, -0.1) is 12.3 Å². The average Bonchev–Trinajstić information content (AvgIpc) is 3.09. The Balaban J connectivity index is 2.31. The average molecular weight is 337 g/mol. The van der Waals surface area contributed by atoms with Crippen molar-refractivity contribution in [3.8, 4) is 12.3 Å². The number of hydrogen-bond donors (Lipinski definition) is 0. The lowest BCUT2D eigenvalue weighted by Crippen LogP contribution is -2.43. The third-order valence-electron chi connectivity index (χ3n) is 5.38. The maximum atomic E-state index is 6.33. The third-order valence-corrected chi connectivity index (χ3v) is 9.86. The van der Waals surface area contributed by atoms with Crippen molar-refractivity contribution in [2.75, 3.05) is 6.61 Å². The van der Waals surface area contributed by atoms with Gasteiger partial charge in [-0.1, -0.05) is 32.4 Å². The lowest BCUT2D eigenvalue weighted by molar-refractivity contribution is 0.187. The minimum Gasteiger partial charge on any atom is -0.414 e. The first kappa shape index (κ1) is 20.5. The molecule has 3 heteroatoms. The molecule has 0 aromatic heterocycles. The Morgan fingerprint density at radius 3 is 2.61 bits per heavy atom. The van der Waals surface area contributed by atoms with E-state index in [1.165, 1.54) is 5.57 Å². The molecule has 0 N–H and O–H groups in total. The molecule has 0 aromatic carbocycles. The van der Waals surface area contributed by atoms with E-state index in [4.69, 9.17) is 15.6 Å². The molecule has 0 bridgehead atoms. The van der Waals surface area contributed by atoms with Gasteiger partial charge in [-0.2, -0.15) is 0 Å². The van der Waals surface area contributed by atoms with Crippen LogP contribution < -0.4 is 0 Å². The Hall–Kier alpha value is -0.563. The van der Waals surface area contributed by atoms with Gasteiger partial charge in [-0.05, 0) is 57.7 Å². The number of ether oxygens (including phenoxy) is 1. The molecule has 0 saturated carbocycles. The highest BCUT2D eigenvalue weighted by Crippen LogP contribution is 2.43. The van der Waals surface area contributed by atoms with Crippen molar-refractivity contribution < 1.29 is 9.16 Å². The molecule has 2 atom stereocenters. The number of rotatable bonds is 9. The van der Waals surface area contributed by atoms with Crippen molar-refractivity contribution in [3.63, 3.8) is 0 Å². The summed E-state index contributed by atoms with van der Waals surface area (Å²) in [4.78, 5) is 0. The zero-order valence-electron chi connectivity index (χ0n) is 16.3. The number of hydrogen-bond acceptors (Lipinski definition) is 2. The highest BCUT2D eigenvalue weighted by atomic mass is 28.4. The molecule has 1 rings (SSSR count). The Kier molecular flexibility index (Phi) is 7.13. The van der Waals surface area contributed by atoms with Gasteiger partial charge >= 0.3 is 0 Å². The van der Waals surface area contributed by atoms with E-state index in [0.717, 1.165) is 38.7 Å². The molecule has 0 unspecified atom stereocenters. The highest BCUT2D eigenvalue weighted by Gasteiger charge is 2.53. The van der Waals surface area contributed by atoms with Crippen molar-refractivity contribution in [2.24, 2.45) is 0 Å². The lowest BCUT2D eigenvalue weighted by atomic mass is 10.0. The van der Waals surface area contributed by atoms with Gasteiger partial charge in [0, 0.05) is 6.42 Å². The Labute approximate surface area is 145 Å². The van der Waals surface area contributed by atoms with Crippen LogP contribution in [0.5, 0.6) is 0 Å². The largest absolute Gasteiger partial charge is 0.414 e. The predicted octanol–water partition coefficient (Wildman–Crippen LogP) is 5.70.